The van der Waals surface area contributed by atoms with Crippen LogP contribution in [0, 0.1) is 0 Å². The number of alkyl halides is 1. The molecule has 1 atom stereocenters. The molecule has 1 aromatic rings. The average Bonchev–Trinajstić information content (AvgIpc) is 3.21. The van der Waals surface area contributed by atoms with Gasteiger partial charge in [0, 0.05) is 29.8 Å². The van der Waals surface area contributed by atoms with Crippen molar-refractivity contribution < 1.29 is 17.6 Å². The van der Waals surface area contributed by atoms with E-state index >= 15 is 4.39 Å². The zero-order chi connectivity index (χ0) is 23.9. The Balaban J connectivity index is 1.94. The first-order valence-corrected chi connectivity index (χ1v) is 12.4. The van der Waals surface area contributed by atoms with E-state index in [1.807, 2.05) is 13.8 Å². The van der Waals surface area contributed by atoms with E-state index in [-0.39, 0.29) is 37.4 Å². The number of aromatic nitrogens is 1. The fraction of sp³-hybridized carbons (Fsp3) is 0.478. The second-order valence-electron chi connectivity index (χ2n) is 9.00. The second kappa shape index (κ2) is 8.72. The standard InChI is InChI=1S/C23H29ClFN3O3S/c1-6-7-19(24)10-17-12-21(29)28(22(17,4)5)20-11-18(13-26-14-20)23(25)8-9-27(15-23)32(30,31)16(2)3/h6-7,10-11,13-14,16H,1,8-9,12,15H2,2-5H3/b17-10+,19-7+. The summed E-state index contributed by atoms with van der Waals surface area (Å²) in [5.74, 6) is -0.147. The largest absolute Gasteiger partial charge is 0.301 e. The van der Waals surface area contributed by atoms with Crippen LogP contribution in [0.3, 0.4) is 0 Å². The van der Waals surface area contributed by atoms with Crippen LogP contribution in [-0.4, -0.2) is 47.5 Å². The first-order valence-electron chi connectivity index (χ1n) is 10.5. The fourth-order valence-corrected chi connectivity index (χ4v) is 5.77. The zero-order valence-electron chi connectivity index (χ0n) is 18.8. The number of rotatable bonds is 6. The highest BCUT2D eigenvalue weighted by atomic mass is 35.5. The molecule has 0 saturated carbocycles. The predicted molar refractivity (Wildman–Crippen MR) is 126 cm³/mol. The molecule has 2 saturated heterocycles. The molecule has 1 unspecified atom stereocenters. The van der Waals surface area contributed by atoms with Crippen molar-refractivity contribution in [3.05, 3.63) is 59.4 Å². The highest BCUT2D eigenvalue weighted by Gasteiger charge is 2.47. The minimum atomic E-state index is -3.56. The van der Waals surface area contributed by atoms with Gasteiger partial charge in [-0.05, 0) is 51.5 Å². The Bertz CT molecular complexity index is 1100. The van der Waals surface area contributed by atoms with Crippen molar-refractivity contribution in [1.82, 2.24) is 9.29 Å². The smallest absolute Gasteiger partial charge is 0.231 e. The number of amides is 1. The summed E-state index contributed by atoms with van der Waals surface area (Å²) in [6.07, 6.45) is 8.11. The van der Waals surface area contributed by atoms with Crippen molar-refractivity contribution in [2.75, 3.05) is 18.0 Å². The average molecular weight is 482 g/mol. The molecule has 0 N–H and O–H groups in total. The van der Waals surface area contributed by atoms with Gasteiger partial charge in [-0.1, -0.05) is 24.3 Å². The molecule has 2 aliphatic rings. The van der Waals surface area contributed by atoms with E-state index in [9.17, 15) is 13.2 Å². The van der Waals surface area contributed by atoms with E-state index in [1.165, 1.54) is 16.7 Å². The summed E-state index contributed by atoms with van der Waals surface area (Å²) in [5, 5.41) is -0.158. The van der Waals surface area contributed by atoms with Gasteiger partial charge in [-0.15, -0.1) is 0 Å². The summed E-state index contributed by atoms with van der Waals surface area (Å²) in [7, 11) is -3.56. The van der Waals surface area contributed by atoms with Crippen LogP contribution in [0.25, 0.3) is 0 Å². The number of carbonyl (C=O) groups is 1. The number of carbonyl (C=O) groups excluding carboxylic acids is 1. The summed E-state index contributed by atoms with van der Waals surface area (Å²) in [5.41, 5.74) is -1.01. The molecule has 0 aromatic carbocycles. The lowest BCUT2D eigenvalue weighted by molar-refractivity contribution is -0.117. The topological polar surface area (TPSA) is 70.6 Å². The van der Waals surface area contributed by atoms with Crippen molar-refractivity contribution in [2.45, 2.75) is 57.0 Å². The Morgan fingerprint density at radius 1 is 1.34 bits per heavy atom. The lowest BCUT2D eigenvalue weighted by Gasteiger charge is -2.33. The molecule has 0 aliphatic carbocycles. The number of halogens is 2. The number of sulfonamides is 1. The van der Waals surface area contributed by atoms with Crippen LogP contribution in [0.1, 0.15) is 46.1 Å². The van der Waals surface area contributed by atoms with E-state index in [4.69, 9.17) is 11.6 Å². The molecule has 0 spiro atoms. The van der Waals surface area contributed by atoms with E-state index in [0.717, 1.165) is 5.57 Å². The maximum absolute atomic E-state index is 15.9. The molecule has 32 heavy (non-hydrogen) atoms. The fourth-order valence-electron chi connectivity index (χ4n) is 4.22. The number of nitrogens with zero attached hydrogens (tertiary/aromatic N) is 3. The van der Waals surface area contributed by atoms with Crippen molar-refractivity contribution in [3.63, 3.8) is 0 Å². The van der Waals surface area contributed by atoms with Crippen LogP contribution >= 0.6 is 11.6 Å². The van der Waals surface area contributed by atoms with Gasteiger partial charge in [0.05, 0.1) is 35.6 Å². The second-order valence-corrected chi connectivity index (χ2v) is 11.9. The maximum Gasteiger partial charge on any atom is 0.231 e. The highest BCUT2D eigenvalue weighted by molar-refractivity contribution is 7.89. The first-order chi connectivity index (χ1) is 14.8. The summed E-state index contributed by atoms with van der Waals surface area (Å²) >= 11 is 6.20. The molecule has 1 aromatic heterocycles. The number of hydrogen-bond acceptors (Lipinski definition) is 4. The van der Waals surface area contributed by atoms with Gasteiger partial charge in [0.2, 0.25) is 15.9 Å². The Hall–Kier alpha value is -2.03. The molecule has 2 aliphatic heterocycles. The zero-order valence-corrected chi connectivity index (χ0v) is 20.4. The third-order valence-electron chi connectivity index (χ3n) is 6.16. The Morgan fingerprint density at radius 3 is 2.66 bits per heavy atom. The SMILES string of the molecule is C=C/C=C(Cl)\C=C1/CC(=O)N(c2cncc(C3(F)CCN(S(=O)(=O)C(C)C)C3)c2)C1(C)C. The van der Waals surface area contributed by atoms with Crippen LogP contribution in [0.5, 0.6) is 0 Å². The van der Waals surface area contributed by atoms with E-state index in [1.54, 1.807) is 43.0 Å². The van der Waals surface area contributed by atoms with Crippen LogP contribution in [0.4, 0.5) is 10.1 Å². The molecule has 3 rings (SSSR count). The molecule has 6 nitrogen and oxygen atoms in total. The summed E-state index contributed by atoms with van der Waals surface area (Å²) < 4.78 is 42.1. The minimum absolute atomic E-state index is 0.0362. The van der Waals surface area contributed by atoms with Gasteiger partial charge in [-0.3, -0.25) is 9.78 Å². The van der Waals surface area contributed by atoms with Gasteiger partial charge in [-0.25, -0.2) is 12.8 Å². The third-order valence-corrected chi connectivity index (χ3v) is 8.62. The van der Waals surface area contributed by atoms with Crippen LogP contribution in [0.2, 0.25) is 0 Å². The summed E-state index contributed by atoms with van der Waals surface area (Å²) in [6, 6.07) is 1.60. The molecule has 174 valence electrons. The third kappa shape index (κ3) is 4.40. The van der Waals surface area contributed by atoms with Crippen LogP contribution in [0.15, 0.2) is 53.9 Å². The number of pyridine rings is 1. The Labute approximate surface area is 194 Å². The van der Waals surface area contributed by atoms with Gasteiger partial charge in [0.25, 0.3) is 0 Å². The van der Waals surface area contributed by atoms with Gasteiger partial charge >= 0.3 is 0 Å². The maximum atomic E-state index is 15.9. The first kappa shape index (κ1) is 24.6. The van der Waals surface area contributed by atoms with E-state index in [2.05, 4.69) is 11.6 Å². The molecule has 3 heterocycles. The monoisotopic (exact) mass is 481 g/mol. The molecule has 9 heteroatoms. The lowest BCUT2D eigenvalue weighted by atomic mass is 9.93. The quantitative estimate of drug-likeness (QED) is 0.563. The lowest BCUT2D eigenvalue weighted by Crippen LogP contribution is -2.42. The van der Waals surface area contributed by atoms with Crippen molar-refractivity contribution in [1.29, 1.82) is 0 Å². The van der Waals surface area contributed by atoms with Crippen molar-refractivity contribution in [3.8, 4) is 0 Å². The molecule has 1 amide bonds. The van der Waals surface area contributed by atoms with Crippen molar-refractivity contribution >= 4 is 33.2 Å². The van der Waals surface area contributed by atoms with Gasteiger partial charge in [0.15, 0.2) is 5.67 Å². The molecular formula is C23H29ClFN3O3S. The predicted octanol–water partition coefficient (Wildman–Crippen LogP) is 4.44. The minimum Gasteiger partial charge on any atom is -0.301 e. The number of allylic oxidation sites excluding steroid dienone is 4. The molecule has 0 radical (unpaired) electrons. The van der Waals surface area contributed by atoms with Gasteiger partial charge < -0.3 is 4.90 Å². The molecule has 0 bridgehead atoms. The number of anilines is 1. The Kier molecular flexibility index (Phi) is 6.71. The van der Waals surface area contributed by atoms with E-state index < -0.39 is 26.5 Å². The van der Waals surface area contributed by atoms with Gasteiger partial charge in [0.1, 0.15) is 0 Å². The van der Waals surface area contributed by atoms with Crippen LogP contribution in [-0.2, 0) is 20.5 Å². The molecule has 2 fully saturated rings. The normalized spacial score (nSPS) is 25.8. The van der Waals surface area contributed by atoms with E-state index in [0.29, 0.717) is 10.7 Å². The van der Waals surface area contributed by atoms with Gasteiger partial charge in [-0.2, -0.15) is 4.31 Å². The molecular weight excluding hydrogens is 453 g/mol. The summed E-state index contributed by atoms with van der Waals surface area (Å²) in [6.45, 7) is 10.4. The van der Waals surface area contributed by atoms with Crippen molar-refractivity contribution in [2.24, 2.45) is 0 Å². The summed E-state index contributed by atoms with van der Waals surface area (Å²) in [4.78, 5) is 18.7. The highest BCUT2D eigenvalue weighted by Crippen LogP contribution is 2.42. The van der Waals surface area contributed by atoms with Crippen LogP contribution < -0.4 is 4.90 Å². The Morgan fingerprint density at radius 2 is 2.03 bits per heavy atom. The number of hydrogen-bond donors (Lipinski definition) is 0.